The number of rotatable bonds is 6. The Kier molecular flexibility index (Phi) is 6.46. The molecule has 4 heteroatoms. The molecule has 0 aromatic heterocycles. The molecule has 0 bridgehead atoms. The summed E-state index contributed by atoms with van der Waals surface area (Å²) >= 11 is 0. The van der Waals surface area contributed by atoms with Crippen molar-refractivity contribution >= 4 is 5.91 Å². The van der Waals surface area contributed by atoms with Crippen molar-refractivity contribution in [3.8, 4) is 5.75 Å². The third kappa shape index (κ3) is 5.54. The molecule has 0 radical (unpaired) electrons. The molecule has 1 saturated heterocycles. The van der Waals surface area contributed by atoms with Gasteiger partial charge in [-0.25, -0.2) is 0 Å². The number of hydrogen-bond acceptors (Lipinski definition) is 3. The minimum atomic E-state index is 0.0184. The van der Waals surface area contributed by atoms with Crippen LogP contribution < -0.4 is 4.74 Å². The van der Waals surface area contributed by atoms with Crippen LogP contribution in [0.2, 0.25) is 0 Å². The predicted molar refractivity (Wildman–Crippen MR) is 94.0 cm³/mol. The van der Waals surface area contributed by atoms with Crippen molar-refractivity contribution in [3.63, 3.8) is 0 Å². The number of ether oxygens (including phenoxy) is 1. The van der Waals surface area contributed by atoms with Gasteiger partial charge in [-0.2, -0.15) is 0 Å². The van der Waals surface area contributed by atoms with E-state index in [-0.39, 0.29) is 5.91 Å². The molecule has 1 fully saturated rings. The lowest BCUT2D eigenvalue weighted by Crippen LogP contribution is -2.39. The molecule has 128 valence electrons. The molecule has 0 saturated carbocycles. The number of amides is 1. The fourth-order valence-corrected chi connectivity index (χ4v) is 3.40. The van der Waals surface area contributed by atoms with Gasteiger partial charge in [-0.05, 0) is 48.9 Å². The molecule has 1 unspecified atom stereocenters. The summed E-state index contributed by atoms with van der Waals surface area (Å²) in [5.41, 5.74) is 0.693. The van der Waals surface area contributed by atoms with Crippen LogP contribution in [0.3, 0.4) is 0 Å². The number of nitrogens with zero attached hydrogens (tertiary/aromatic N) is 2. The first-order valence-corrected chi connectivity index (χ1v) is 8.62. The van der Waals surface area contributed by atoms with E-state index in [4.69, 9.17) is 4.74 Å². The van der Waals surface area contributed by atoms with E-state index in [9.17, 15) is 4.79 Å². The molecule has 1 amide bonds. The highest BCUT2D eigenvalue weighted by molar-refractivity contribution is 5.93. The maximum Gasteiger partial charge on any atom is 0.253 e. The van der Waals surface area contributed by atoms with Gasteiger partial charge < -0.3 is 14.5 Å². The summed E-state index contributed by atoms with van der Waals surface area (Å²) in [5.74, 6) is 2.47. The van der Waals surface area contributed by atoms with Crippen LogP contribution >= 0.6 is 0 Å². The topological polar surface area (TPSA) is 32.8 Å². The molecule has 4 nitrogen and oxygen atoms in total. The van der Waals surface area contributed by atoms with E-state index in [0.717, 1.165) is 37.2 Å². The Morgan fingerprint density at radius 2 is 1.78 bits per heavy atom. The van der Waals surface area contributed by atoms with Crippen LogP contribution in [0.4, 0.5) is 0 Å². The van der Waals surface area contributed by atoms with E-state index in [0.29, 0.717) is 5.56 Å². The first-order chi connectivity index (χ1) is 11.0. The van der Waals surface area contributed by atoms with Crippen molar-refractivity contribution in [2.24, 2.45) is 11.8 Å². The van der Waals surface area contributed by atoms with E-state index in [1.807, 2.05) is 24.3 Å². The zero-order valence-corrected chi connectivity index (χ0v) is 14.9. The van der Waals surface area contributed by atoms with Crippen LogP contribution in [0.5, 0.6) is 5.75 Å². The van der Waals surface area contributed by atoms with Gasteiger partial charge in [-0.3, -0.25) is 4.79 Å². The molecule has 0 spiro atoms. The van der Waals surface area contributed by atoms with Gasteiger partial charge in [-0.15, -0.1) is 0 Å². The summed E-state index contributed by atoms with van der Waals surface area (Å²) in [6.45, 7) is 8.94. The van der Waals surface area contributed by atoms with Gasteiger partial charge in [0.25, 0.3) is 5.91 Å². The Bertz CT molecular complexity index is 489. The molecule has 2 rings (SSSR count). The van der Waals surface area contributed by atoms with Crippen molar-refractivity contribution in [1.82, 2.24) is 9.80 Å². The SMILES string of the molecule is CC1C[C@@H](C)CN(CCCOc2ccc(C(=O)N(C)C)cc2)C1. The van der Waals surface area contributed by atoms with Crippen LogP contribution in [-0.2, 0) is 0 Å². The quantitative estimate of drug-likeness (QED) is 0.756. The monoisotopic (exact) mass is 318 g/mol. The largest absolute Gasteiger partial charge is 0.494 e. The van der Waals surface area contributed by atoms with Crippen molar-refractivity contribution in [2.45, 2.75) is 26.7 Å². The summed E-state index contributed by atoms with van der Waals surface area (Å²) < 4.78 is 5.79. The minimum absolute atomic E-state index is 0.0184. The number of piperidine rings is 1. The molecule has 1 heterocycles. The Morgan fingerprint density at radius 3 is 2.35 bits per heavy atom. The summed E-state index contributed by atoms with van der Waals surface area (Å²) in [6.07, 6.45) is 2.39. The van der Waals surface area contributed by atoms with Gasteiger partial charge in [0, 0.05) is 39.3 Å². The van der Waals surface area contributed by atoms with E-state index < -0.39 is 0 Å². The lowest BCUT2D eigenvalue weighted by atomic mass is 9.92. The normalized spacial score (nSPS) is 21.9. The maximum absolute atomic E-state index is 11.8. The summed E-state index contributed by atoms with van der Waals surface area (Å²) in [6, 6.07) is 7.40. The third-order valence-corrected chi connectivity index (χ3v) is 4.34. The van der Waals surface area contributed by atoms with Gasteiger partial charge in [0.15, 0.2) is 0 Å². The zero-order valence-electron chi connectivity index (χ0n) is 14.9. The van der Waals surface area contributed by atoms with Crippen LogP contribution in [0.25, 0.3) is 0 Å². The molecule has 1 aromatic rings. The summed E-state index contributed by atoms with van der Waals surface area (Å²) in [4.78, 5) is 16.0. The smallest absolute Gasteiger partial charge is 0.253 e. The van der Waals surface area contributed by atoms with Crippen LogP contribution in [0.1, 0.15) is 37.0 Å². The molecular formula is C19H30N2O2. The first-order valence-electron chi connectivity index (χ1n) is 8.62. The summed E-state index contributed by atoms with van der Waals surface area (Å²) in [5, 5.41) is 0. The Hall–Kier alpha value is -1.55. The standard InChI is InChI=1S/C19H30N2O2/c1-15-12-16(2)14-21(13-15)10-5-11-23-18-8-6-17(7-9-18)19(22)20(3)4/h6-9,15-16H,5,10-14H2,1-4H3/t15-,16?/m1/s1. The van der Waals surface area contributed by atoms with Crippen LogP contribution in [0.15, 0.2) is 24.3 Å². The molecule has 0 N–H and O–H groups in total. The number of carbonyl (C=O) groups is 1. The second-order valence-electron chi connectivity index (χ2n) is 7.13. The van der Waals surface area contributed by atoms with Gasteiger partial charge in [0.1, 0.15) is 5.75 Å². The Balaban J connectivity index is 1.71. The highest BCUT2D eigenvalue weighted by atomic mass is 16.5. The molecule has 2 atom stereocenters. The molecular weight excluding hydrogens is 288 g/mol. The van der Waals surface area contributed by atoms with Crippen molar-refractivity contribution in [1.29, 1.82) is 0 Å². The lowest BCUT2D eigenvalue weighted by molar-refractivity contribution is 0.0827. The average Bonchev–Trinajstić information content (AvgIpc) is 2.50. The lowest BCUT2D eigenvalue weighted by Gasteiger charge is -2.34. The number of hydrogen-bond donors (Lipinski definition) is 0. The van der Waals surface area contributed by atoms with Gasteiger partial charge in [0.2, 0.25) is 0 Å². The number of carbonyl (C=O) groups excluding carboxylic acids is 1. The first kappa shape index (κ1) is 17.8. The number of benzene rings is 1. The van der Waals surface area contributed by atoms with Crippen LogP contribution in [-0.4, -0.2) is 56.0 Å². The Morgan fingerprint density at radius 1 is 1.17 bits per heavy atom. The number of likely N-dealkylation sites (tertiary alicyclic amines) is 1. The van der Waals surface area contributed by atoms with Crippen LogP contribution in [0, 0.1) is 11.8 Å². The minimum Gasteiger partial charge on any atom is -0.494 e. The van der Waals surface area contributed by atoms with Gasteiger partial charge in [-0.1, -0.05) is 13.8 Å². The molecule has 0 aliphatic carbocycles. The maximum atomic E-state index is 11.8. The second kappa shape index (κ2) is 8.34. The van der Waals surface area contributed by atoms with E-state index in [1.54, 1.807) is 19.0 Å². The van der Waals surface area contributed by atoms with Crippen molar-refractivity contribution in [2.75, 3.05) is 40.3 Å². The van der Waals surface area contributed by atoms with Gasteiger partial charge in [0.05, 0.1) is 6.61 Å². The highest BCUT2D eigenvalue weighted by Crippen LogP contribution is 2.21. The van der Waals surface area contributed by atoms with Gasteiger partial charge >= 0.3 is 0 Å². The predicted octanol–water partition coefficient (Wildman–Crippen LogP) is 3.14. The van der Waals surface area contributed by atoms with E-state index in [1.165, 1.54) is 19.5 Å². The molecule has 23 heavy (non-hydrogen) atoms. The highest BCUT2D eigenvalue weighted by Gasteiger charge is 2.21. The molecule has 1 aliphatic heterocycles. The summed E-state index contributed by atoms with van der Waals surface area (Å²) in [7, 11) is 3.52. The average molecular weight is 318 g/mol. The van der Waals surface area contributed by atoms with Crippen molar-refractivity contribution in [3.05, 3.63) is 29.8 Å². The molecule has 1 aliphatic rings. The molecule has 1 aromatic carbocycles. The Labute approximate surface area is 140 Å². The fraction of sp³-hybridized carbons (Fsp3) is 0.632. The van der Waals surface area contributed by atoms with E-state index in [2.05, 4.69) is 18.7 Å². The third-order valence-electron chi connectivity index (χ3n) is 4.34. The second-order valence-corrected chi connectivity index (χ2v) is 7.13. The fourth-order valence-electron chi connectivity index (χ4n) is 3.40. The zero-order chi connectivity index (χ0) is 16.8. The van der Waals surface area contributed by atoms with Crippen molar-refractivity contribution < 1.29 is 9.53 Å². The van der Waals surface area contributed by atoms with E-state index >= 15 is 0 Å².